The van der Waals surface area contributed by atoms with Gasteiger partial charge in [0.1, 0.15) is 24.6 Å². The number of hydrogen-bond donors (Lipinski definition) is 3. The summed E-state index contributed by atoms with van der Waals surface area (Å²) >= 11 is 3.36. The second-order valence-corrected chi connectivity index (χ2v) is 16.7. The standard InChI is InChI=1S/C23H26BF3N3O4.C15H16F3NO4.C8H11BBrN2/c1-33-21(31)13-17-11-16-6-7-19(12-18(16)14-29(22(17)32)15-23(25,26)27)34-10-4-8-28-20-5-2-3-9-30(20)24;1-23-13(21)6-10-4-9-2-3-12(20)5-11(9)7-19(14(10)22)8-15(16,17)18;9-12-7-2-1-4-8(12)11-6-3-5-10/h2-3,5-7,9,12,17,28H,4,8,10-11,13-15H2,1H3;2-3,5,10,20H,4,6-8H2,1H3;1-2,4,7,11H,3,5-6H2/q+1;;+1. The van der Waals surface area contributed by atoms with E-state index in [1.165, 1.54) is 23.7 Å². The van der Waals surface area contributed by atoms with Crippen LogP contribution in [0.3, 0.4) is 0 Å². The maximum absolute atomic E-state index is 13.1. The molecular weight excluding hydrogens is 980 g/mol. The maximum atomic E-state index is 13.1. The van der Waals surface area contributed by atoms with Crippen molar-refractivity contribution in [3.8, 4) is 11.5 Å². The highest BCUT2D eigenvalue weighted by atomic mass is 79.9. The summed E-state index contributed by atoms with van der Waals surface area (Å²) in [5.41, 5.74) is 2.34. The van der Waals surface area contributed by atoms with E-state index in [0.717, 1.165) is 41.9 Å². The normalized spacial score (nSPS) is 15.7. The molecule has 4 heterocycles. The summed E-state index contributed by atoms with van der Waals surface area (Å²) in [6.07, 6.45) is -4.11. The first-order valence-electron chi connectivity index (χ1n) is 21.7. The van der Waals surface area contributed by atoms with Gasteiger partial charge in [-0.25, -0.2) is 0 Å². The molecule has 0 spiro atoms. The van der Waals surface area contributed by atoms with Crippen molar-refractivity contribution in [3.63, 3.8) is 0 Å². The second kappa shape index (κ2) is 26.7. The molecule has 2 amide bonds. The molecule has 2 aromatic heterocycles. The molecule has 2 unspecified atom stereocenters. The second-order valence-electron chi connectivity index (χ2n) is 15.9. The van der Waals surface area contributed by atoms with Crippen LogP contribution < -0.4 is 24.3 Å². The van der Waals surface area contributed by atoms with Crippen molar-refractivity contribution in [2.75, 3.05) is 63.0 Å². The molecule has 23 heteroatoms. The van der Waals surface area contributed by atoms with Gasteiger partial charge in [-0.1, -0.05) is 40.2 Å². The number of ether oxygens (including phenoxy) is 3. The summed E-state index contributed by atoms with van der Waals surface area (Å²) in [7, 11) is 13.8. The van der Waals surface area contributed by atoms with Gasteiger partial charge in [-0.2, -0.15) is 26.3 Å². The first-order valence-corrected chi connectivity index (χ1v) is 22.8. The summed E-state index contributed by atoms with van der Waals surface area (Å²) < 4.78 is 95.5. The molecule has 2 atom stereocenters. The molecule has 14 nitrogen and oxygen atoms in total. The lowest BCUT2D eigenvalue weighted by Crippen LogP contribution is -2.41. The highest BCUT2D eigenvalue weighted by Gasteiger charge is 2.40. The molecule has 0 fully saturated rings. The van der Waals surface area contributed by atoms with Crippen molar-refractivity contribution >= 4 is 67.3 Å². The van der Waals surface area contributed by atoms with E-state index in [2.05, 4.69) is 36.0 Å². The smallest absolute Gasteiger partial charge is 0.408 e. The topological polar surface area (TPSA) is 154 Å². The zero-order valence-corrected chi connectivity index (χ0v) is 39.6. The summed E-state index contributed by atoms with van der Waals surface area (Å²) in [5.74, 6) is -2.49. The van der Waals surface area contributed by atoms with Gasteiger partial charge in [0, 0.05) is 37.0 Å². The maximum Gasteiger partial charge on any atom is 0.408 e. The molecule has 0 bridgehead atoms. The van der Waals surface area contributed by atoms with E-state index in [0.29, 0.717) is 52.5 Å². The molecule has 4 radical (unpaired) electrons. The Morgan fingerprint density at radius 1 is 0.710 bits per heavy atom. The number of halogens is 7. The number of benzene rings is 2. The number of aromatic hydroxyl groups is 1. The number of phenolic OH excluding ortho intramolecular Hbond substituents is 1. The zero-order chi connectivity index (χ0) is 50.7. The summed E-state index contributed by atoms with van der Waals surface area (Å²) in [5, 5.41) is 16.9. The first-order chi connectivity index (χ1) is 32.7. The van der Waals surface area contributed by atoms with Gasteiger partial charge in [0.15, 0.2) is 0 Å². The summed E-state index contributed by atoms with van der Waals surface area (Å²) in [6.45, 7) is -1.35. The van der Waals surface area contributed by atoms with Gasteiger partial charge >= 0.3 is 40.3 Å². The molecule has 368 valence electrons. The van der Waals surface area contributed by atoms with E-state index >= 15 is 0 Å². The third-order valence-corrected chi connectivity index (χ3v) is 11.2. The lowest BCUT2D eigenvalue weighted by Gasteiger charge is -2.25. The lowest BCUT2D eigenvalue weighted by molar-refractivity contribution is -0.505. The highest BCUT2D eigenvalue weighted by molar-refractivity contribution is 9.09. The van der Waals surface area contributed by atoms with Crippen LogP contribution >= 0.6 is 15.9 Å². The molecule has 69 heavy (non-hydrogen) atoms. The number of hydrogen-bond acceptors (Lipinski definition) is 10. The first kappa shape index (κ1) is 55.6. The molecule has 0 saturated carbocycles. The van der Waals surface area contributed by atoms with Gasteiger partial charge in [0.05, 0.1) is 71.0 Å². The van der Waals surface area contributed by atoms with E-state index in [1.807, 2.05) is 42.6 Å². The number of pyridine rings is 2. The van der Waals surface area contributed by atoms with Gasteiger partial charge in [0.25, 0.3) is 11.6 Å². The zero-order valence-electron chi connectivity index (χ0n) is 38.0. The van der Waals surface area contributed by atoms with E-state index in [9.17, 15) is 50.6 Å². The number of esters is 2. The predicted molar refractivity (Wildman–Crippen MR) is 246 cm³/mol. The number of rotatable bonds is 16. The molecular formula is C46H53B2BrF6N6O8+2. The monoisotopic (exact) mass is 1030 g/mol. The Morgan fingerprint density at radius 3 is 1.62 bits per heavy atom. The fraction of sp³-hybridized carbons (Fsp3) is 0.435. The van der Waals surface area contributed by atoms with Crippen LogP contribution in [0.15, 0.2) is 85.2 Å². The number of carbonyl (C=O) groups is 4. The third kappa shape index (κ3) is 18.8. The SMILES string of the molecule is COC(=O)CC1Cc2ccc(O)cc2CN(CC(F)(F)F)C1=O.[B][n+]1ccccc1NCCCBr.[B][n+]1ccccc1NCCCOc1ccc2c(c1)CN(CC(F)(F)F)C(=O)C(CC(=O)OC)C2. The minimum Gasteiger partial charge on any atom is -0.508 e. The van der Waals surface area contributed by atoms with Gasteiger partial charge in [-0.3, -0.25) is 29.8 Å². The lowest BCUT2D eigenvalue weighted by atomic mass is 9.94. The number of nitrogens with zero attached hydrogens (tertiary/aromatic N) is 4. The fourth-order valence-corrected chi connectivity index (χ4v) is 7.63. The Balaban J connectivity index is 0.000000254. The van der Waals surface area contributed by atoms with Crippen molar-refractivity contribution in [2.45, 2.75) is 64.0 Å². The van der Waals surface area contributed by atoms with E-state index in [4.69, 9.17) is 20.7 Å². The van der Waals surface area contributed by atoms with Gasteiger partial charge < -0.3 is 38.1 Å². The van der Waals surface area contributed by atoms with Crippen LogP contribution in [-0.2, 0) is 54.6 Å². The minimum atomic E-state index is -4.56. The molecule has 0 aliphatic carbocycles. The third-order valence-electron chi connectivity index (χ3n) is 10.7. The number of aromatic nitrogens is 2. The molecule has 6 rings (SSSR count). The van der Waals surface area contributed by atoms with Crippen LogP contribution in [0.5, 0.6) is 11.5 Å². The van der Waals surface area contributed by atoms with Crippen molar-refractivity contribution in [1.82, 2.24) is 9.80 Å². The Hall–Kier alpha value is -5.99. The van der Waals surface area contributed by atoms with E-state index in [-0.39, 0.29) is 44.5 Å². The number of phenols is 1. The van der Waals surface area contributed by atoms with Crippen LogP contribution in [0.1, 0.15) is 47.9 Å². The molecule has 4 aromatic rings. The molecule has 2 aromatic carbocycles. The van der Waals surface area contributed by atoms with Crippen LogP contribution in [-0.4, -0.2) is 119 Å². The van der Waals surface area contributed by atoms with Crippen LogP contribution in [0.2, 0.25) is 0 Å². The minimum absolute atomic E-state index is 0.0884. The number of nitrogens with one attached hydrogen (secondary N) is 2. The van der Waals surface area contributed by atoms with Crippen molar-refractivity contribution in [3.05, 3.63) is 107 Å². The number of alkyl halides is 7. The van der Waals surface area contributed by atoms with Crippen LogP contribution in [0.4, 0.5) is 38.0 Å². The van der Waals surface area contributed by atoms with Crippen molar-refractivity contribution < 1.29 is 73.8 Å². The largest absolute Gasteiger partial charge is 0.508 e. The van der Waals surface area contributed by atoms with Crippen molar-refractivity contribution in [1.29, 1.82) is 0 Å². The molecule has 2 aliphatic heterocycles. The van der Waals surface area contributed by atoms with Gasteiger partial charge in [-0.05, 0) is 77.9 Å². The van der Waals surface area contributed by atoms with Crippen molar-refractivity contribution in [2.24, 2.45) is 11.8 Å². The Morgan fingerprint density at radius 2 is 1.17 bits per heavy atom. The Bertz CT molecular complexity index is 2350. The summed E-state index contributed by atoms with van der Waals surface area (Å²) in [4.78, 5) is 49.7. The number of fused-ring (bicyclic) bond motifs is 2. The number of amides is 2. The van der Waals surface area contributed by atoms with Gasteiger partial charge in [0.2, 0.25) is 11.8 Å². The van der Waals surface area contributed by atoms with E-state index in [1.54, 1.807) is 34.9 Å². The molecule has 2 aliphatic rings. The number of carbonyl (C=O) groups excluding carboxylic acids is 4. The molecule has 3 N–H and O–H groups in total. The van der Waals surface area contributed by atoms with Gasteiger partial charge in [-0.15, -0.1) is 0 Å². The quantitative estimate of drug-likeness (QED) is 0.0429. The Labute approximate surface area is 407 Å². The number of methoxy groups -OCH3 is 2. The van der Waals surface area contributed by atoms with Crippen LogP contribution in [0, 0.1) is 11.8 Å². The number of anilines is 2. The Kier molecular flexibility index (Phi) is 21.5. The fourth-order valence-electron chi connectivity index (χ4n) is 7.35. The van der Waals surface area contributed by atoms with Crippen LogP contribution in [0.25, 0.3) is 0 Å². The van der Waals surface area contributed by atoms with E-state index < -0.39 is 61.0 Å². The molecule has 0 saturated heterocycles. The highest BCUT2D eigenvalue weighted by Crippen LogP contribution is 2.32. The summed E-state index contributed by atoms with van der Waals surface area (Å²) in [6, 6.07) is 20.7. The average molecular weight is 1030 g/mol. The average Bonchev–Trinajstić information content (AvgIpc) is 3.49. The predicted octanol–water partition coefficient (Wildman–Crippen LogP) is 5.53.